The molecule has 0 bridgehead atoms. The van der Waals surface area contributed by atoms with Gasteiger partial charge in [0.15, 0.2) is 5.82 Å². The zero-order valence-corrected chi connectivity index (χ0v) is 14.0. The average Bonchev–Trinajstić information content (AvgIpc) is 2.55. The van der Waals surface area contributed by atoms with Crippen LogP contribution in [0.4, 0.5) is 16.0 Å². The second-order valence-electron chi connectivity index (χ2n) is 5.08. The van der Waals surface area contributed by atoms with Crippen molar-refractivity contribution in [1.29, 1.82) is 0 Å². The van der Waals surface area contributed by atoms with Crippen molar-refractivity contribution in [2.75, 3.05) is 4.90 Å². The summed E-state index contributed by atoms with van der Waals surface area (Å²) in [6.45, 7) is 2.18. The zero-order chi connectivity index (χ0) is 16.2. The van der Waals surface area contributed by atoms with Crippen molar-refractivity contribution in [3.8, 4) is 0 Å². The standard InChI is InChI=1S/C17H14BrFN4/c1-12-2-3-13(15(19)8-12)11-23(17-10-20-6-7-22-17)16-9-14(18)4-5-21-16/h2-10H,11H2,1H3. The average molecular weight is 373 g/mol. The highest BCUT2D eigenvalue weighted by Gasteiger charge is 2.15. The summed E-state index contributed by atoms with van der Waals surface area (Å²) >= 11 is 3.44. The van der Waals surface area contributed by atoms with Crippen molar-refractivity contribution in [3.63, 3.8) is 0 Å². The molecule has 0 radical (unpaired) electrons. The number of benzene rings is 1. The number of nitrogens with zero attached hydrogens (tertiary/aromatic N) is 4. The van der Waals surface area contributed by atoms with Crippen LogP contribution in [0, 0.1) is 12.7 Å². The van der Waals surface area contributed by atoms with E-state index in [0.717, 1.165) is 10.0 Å². The summed E-state index contributed by atoms with van der Waals surface area (Å²) in [6, 6.07) is 8.90. The fourth-order valence-corrected chi connectivity index (χ4v) is 2.53. The van der Waals surface area contributed by atoms with Gasteiger partial charge in [0, 0.05) is 28.6 Å². The van der Waals surface area contributed by atoms with Crippen LogP contribution in [0.1, 0.15) is 11.1 Å². The molecule has 1 aromatic carbocycles. The number of rotatable bonds is 4. The Bertz CT molecular complexity index is 811. The van der Waals surface area contributed by atoms with Crippen LogP contribution < -0.4 is 4.90 Å². The van der Waals surface area contributed by atoms with Gasteiger partial charge >= 0.3 is 0 Å². The molecule has 0 N–H and O–H groups in total. The molecule has 3 rings (SSSR count). The number of anilines is 2. The molecule has 0 aliphatic rings. The molecule has 0 aliphatic carbocycles. The Balaban J connectivity index is 2.02. The molecule has 0 atom stereocenters. The van der Waals surface area contributed by atoms with Crippen molar-refractivity contribution >= 4 is 27.6 Å². The van der Waals surface area contributed by atoms with Crippen LogP contribution in [0.3, 0.4) is 0 Å². The summed E-state index contributed by atoms with van der Waals surface area (Å²) in [5.41, 5.74) is 1.46. The first-order chi connectivity index (χ1) is 11.1. The number of halogens is 2. The third-order valence-electron chi connectivity index (χ3n) is 3.35. The Morgan fingerprint density at radius 3 is 2.57 bits per heavy atom. The predicted molar refractivity (Wildman–Crippen MR) is 90.9 cm³/mol. The van der Waals surface area contributed by atoms with Crippen LogP contribution in [0.2, 0.25) is 0 Å². The third-order valence-corrected chi connectivity index (χ3v) is 3.84. The van der Waals surface area contributed by atoms with Crippen LogP contribution in [0.25, 0.3) is 0 Å². The van der Waals surface area contributed by atoms with Gasteiger partial charge in [-0.25, -0.2) is 14.4 Å². The minimum atomic E-state index is -0.242. The lowest BCUT2D eigenvalue weighted by Gasteiger charge is -2.23. The predicted octanol–water partition coefficient (Wildman–Crippen LogP) is 4.42. The SMILES string of the molecule is Cc1ccc(CN(c2cnccn2)c2cc(Br)ccn2)c(F)c1. The highest BCUT2D eigenvalue weighted by Crippen LogP contribution is 2.26. The van der Waals surface area contributed by atoms with E-state index >= 15 is 0 Å². The molecule has 0 unspecified atom stereocenters. The number of hydrogen-bond donors (Lipinski definition) is 0. The largest absolute Gasteiger partial charge is 0.305 e. The summed E-state index contributed by atoms with van der Waals surface area (Å²) in [5.74, 6) is 1.03. The summed E-state index contributed by atoms with van der Waals surface area (Å²) in [5, 5.41) is 0. The molecule has 4 nitrogen and oxygen atoms in total. The van der Waals surface area contributed by atoms with Gasteiger partial charge in [-0.3, -0.25) is 4.98 Å². The van der Waals surface area contributed by atoms with Gasteiger partial charge in [0.1, 0.15) is 11.6 Å². The molecule has 0 saturated carbocycles. The Morgan fingerprint density at radius 1 is 1.04 bits per heavy atom. The number of pyridine rings is 1. The Morgan fingerprint density at radius 2 is 1.87 bits per heavy atom. The van der Waals surface area contributed by atoms with Crippen molar-refractivity contribution in [2.45, 2.75) is 13.5 Å². The van der Waals surface area contributed by atoms with E-state index in [1.807, 2.05) is 30.0 Å². The normalized spacial score (nSPS) is 10.6. The van der Waals surface area contributed by atoms with E-state index in [1.165, 1.54) is 6.07 Å². The first-order valence-electron chi connectivity index (χ1n) is 7.03. The zero-order valence-electron chi connectivity index (χ0n) is 12.4. The summed E-state index contributed by atoms with van der Waals surface area (Å²) in [4.78, 5) is 14.6. The summed E-state index contributed by atoms with van der Waals surface area (Å²) < 4.78 is 15.1. The van der Waals surface area contributed by atoms with Gasteiger partial charge in [-0.1, -0.05) is 28.1 Å². The second kappa shape index (κ2) is 6.83. The fourth-order valence-electron chi connectivity index (χ4n) is 2.20. The smallest absolute Gasteiger partial charge is 0.152 e. The monoisotopic (exact) mass is 372 g/mol. The molecule has 23 heavy (non-hydrogen) atoms. The maximum Gasteiger partial charge on any atom is 0.152 e. The second-order valence-corrected chi connectivity index (χ2v) is 5.99. The Labute approximate surface area is 142 Å². The maximum absolute atomic E-state index is 14.2. The van der Waals surface area contributed by atoms with E-state index in [0.29, 0.717) is 23.7 Å². The lowest BCUT2D eigenvalue weighted by atomic mass is 10.1. The van der Waals surface area contributed by atoms with E-state index in [2.05, 4.69) is 30.9 Å². The molecule has 2 heterocycles. The number of aromatic nitrogens is 3. The van der Waals surface area contributed by atoms with E-state index in [9.17, 15) is 4.39 Å². The molecular formula is C17H14BrFN4. The van der Waals surface area contributed by atoms with Gasteiger partial charge in [0.2, 0.25) is 0 Å². The summed E-state index contributed by atoms with van der Waals surface area (Å²) in [6.07, 6.45) is 6.53. The highest BCUT2D eigenvalue weighted by atomic mass is 79.9. The molecule has 6 heteroatoms. The van der Waals surface area contributed by atoms with Gasteiger partial charge in [-0.2, -0.15) is 0 Å². The lowest BCUT2D eigenvalue weighted by molar-refractivity contribution is 0.607. The molecule has 0 aliphatic heterocycles. The van der Waals surface area contributed by atoms with Crippen molar-refractivity contribution in [1.82, 2.24) is 15.0 Å². The lowest BCUT2D eigenvalue weighted by Crippen LogP contribution is -2.19. The van der Waals surface area contributed by atoms with Crippen LogP contribution in [-0.2, 0) is 6.54 Å². The number of aryl methyl sites for hydroxylation is 1. The van der Waals surface area contributed by atoms with Crippen LogP contribution in [0.15, 0.2) is 59.6 Å². The van der Waals surface area contributed by atoms with Gasteiger partial charge in [-0.05, 0) is 30.7 Å². The van der Waals surface area contributed by atoms with Crippen LogP contribution in [-0.4, -0.2) is 15.0 Å². The third kappa shape index (κ3) is 3.71. The quantitative estimate of drug-likeness (QED) is 0.679. The summed E-state index contributed by atoms with van der Waals surface area (Å²) in [7, 11) is 0. The van der Waals surface area contributed by atoms with Gasteiger partial charge in [0.25, 0.3) is 0 Å². The van der Waals surface area contributed by atoms with Crippen LogP contribution in [0.5, 0.6) is 0 Å². The van der Waals surface area contributed by atoms with Crippen LogP contribution >= 0.6 is 15.9 Å². The van der Waals surface area contributed by atoms with Gasteiger partial charge in [0.05, 0.1) is 12.7 Å². The molecule has 0 amide bonds. The van der Waals surface area contributed by atoms with E-state index in [-0.39, 0.29) is 5.82 Å². The molecule has 0 fully saturated rings. The maximum atomic E-state index is 14.2. The number of hydrogen-bond acceptors (Lipinski definition) is 4. The van der Waals surface area contributed by atoms with E-state index in [1.54, 1.807) is 30.9 Å². The van der Waals surface area contributed by atoms with Gasteiger partial charge in [-0.15, -0.1) is 0 Å². The van der Waals surface area contributed by atoms with Crippen molar-refractivity contribution in [3.05, 3.63) is 76.5 Å². The van der Waals surface area contributed by atoms with E-state index in [4.69, 9.17) is 0 Å². The topological polar surface area (TPSA) is 41.9 Å². The first kappa shape index (κ1) is 15.6. The molecule has 0 spiro atoms. The van der Waals surface area contributed by atoms with Gasteiger partial charge < -0.3 is 4.90 Å². The van der Waals surface area contributed by atoms with E-state index < -0.39 is 0 Å². The first-order valence-corrected chi connectivity index (χ1v) is 7.83. The van der Waals surface area contributed by atoms with Crippen molar-refractivity contribution < 1.29 is 4.39 Å². The molecule has 0 saturated heterocycles. The minimum absolute atomic E-state index is 0.242. The molecule has 3 aromatic rings. The molecular weight excluding hydrogens is 359 g/mol. The highest BCUT2D eigenvalue weighted by molar-refractivity contribution is 9.10. The van der Waals surface area contributed by atoms with Crippen molar-refractivity contribution in [2.24, 2.45) is 0 Å². The molecule has 116 valence electrons. The Kier molecular flexibility index (Phi) is 4.62. The Hall–Kier alpha value is -2.34. The fraction of sp³-hybridized carbons (Fsp3) is 0.118. The minimum Gasteiger partial charge on any atom is -0.305 e. The molecule has 2 aromatic heterocycles.